The molecule has 0 bridgehead atoms. The summed E-state index contributed by atoms with van der Waals surface area (Å²) in [5.74, 6) is 0.590. The largest absolute Gasteiger partial charge is 0.492 e. The fraction of sp³-hybridized carbons (Fsp3) is 0.333. The summed E-state index contributed by atoms with van der Waals surface area (Å²) < 4.78 is 19.7. The minimum Gasteiger partial charge on any atom is -0.492 e. The van der Waals surface area contributed by atoms with E-state index >= 15 is 0 Å². The van der Waals surface area contributed by atoms with E-state index in [4.69, 9.17) is 10.5 Å². The molecule has 22 heavy (non-hydrogen) atoms. The van der Waals surface area contributed by atoms with E-state index in [1.165, 1.54) is 11.6 Å². The van der Waals surface area contributed by atoms with E-state index in [0.29, 0.717) is 17.9 Å². The molecule has 0 fully saturated rings. The molecule has 0 saturated heterocycles. The van der Waals surface area contributed by atoms with E-state index in [1.54, 1.807) is 0 Å². The SMILES string of the molecule is CNC1COc2cc(F)c(CN)cc2C1Cc1ccccc1. The highest BCUT2D eigenvalue weighted by Crippen LogP contribution is 2.37. The minimum absolute atomic E-state index is 0.196. The number of hydrogen-bond acceptors (Lipinski definition) is 3. The zero-order valence-electron chi connectivity index (χ0n) is 12.7. The van der Waals surface area contributed by atoms with E-state index < -0.39 is 0 Å². The van der Waals surface area contributed by atoms with Crippen molar-refractivity contribution >= 4 is 0 Å². The van der Waals surface area contributed by atoms with Crippen molar-refractivity contribution in [3.63, 3.8) is 0 Å². The van der Waals surface area contributed by atoms with E-state index in [2.05, 4.69) is 17.4 Å². The summed E-state index contributed by atoms with van der Waals surface area (Å²) in [6.45, 7) is 0.740. The molecule has 2 unspecified atom stereocenters. The van der Waals surface area contributed by atoms with Crippen molar-refractivity contribution in [1.82, 2.24) is 5.32 Å². The Bertz CT molecular complexity index is 645. The Morgan fingerprint density at radius 3 is 2.73 bits per heavy atom. The Kier molecular flexibility index (Phi) is 4.41. The highest BCUT2D eigenvalue weighted by Gasteiger charge is 2.31. The first-order valence-electron chi connectivity index (χ1n) is 7.59. The molecule has 0 aromatic heterocycles. The van der Waals surface area contributed by atoms with Gasteiger partial charge in [-0.1, -0.05) is 30.3 Å². The topological polar surface area (TPSA) is 47.3 Å². The maximum absolute atomic E-state index is 13.9. The van der Waals surface area contributed by atoms with Crippen LogP contribution in [-0.2, 0) is 13.0 Å². The third-order valence-electron chi connectivity index (χ3n) is 4.37. The van der Waals surface area contributed by atoms with Gasteiger partial charge >= 0.3 is 0 Å². The molecular formula is C18H21FN2O. The first-order chi connectivity index (χ1) is 10.7. The Labute approximate surface area is 130 Å². The van der Waals surface area contributed by atoms with Crippen LogP contribution in [0, 0.1) is 5.82 Å². The summed E-state index contributed by atoms with van der Waals surface area (Å²) in [6.07, 6.45) is 0.887. The van der Waals surface area contributed by atoms with Crippen LogP contribution in [0.3, 0.4) is 0 Å². The van der Waals surface area contributed by atoms with Crippen LogP contribution in [0.4, 0.5) is 4.39 Å². The van der Waals surface area contributed by atoms with Gasteiger partial charge in [-0.15, -0.1) is 0 Å². The first-order valence-corrected chi connectivity index (χ1v) is 7.59. The minimum atomic E-state index is -0.289. The molecule has 2 atom stereocenters. The highest BCUT2D eigenvalue weighted by atomic mass is 19.1. The molecule has 0 aliphatic carbocycles. The standard InChI is InChI=1S/C18H21FN2O/c1-21-17-11-22-18-9-16(19)13(10-20)8-15(18)14(17)7-12-5-3-2-4-6-12/h2-6,8-9,14,17,21H,7,10-11,20H2,1H3. The van der Waals surface area contributed by atoms with Gasteiger partial charge in [0.1, 0.15) is 18.2 Å². The van der Waals surface area contributed by atoms with Crippen LogP contribution in [0.5, 0.6) is 5.75 Å². The van der Waals surface area contributed by atoms with Gasteiger partial charge in [0.15, 0.2) is 0 Å². The van der Waals surface area contributed by atoms with Gasteiger partial charge in [-0.2, -0.15) is 0 Å². The summed E-state index contributed by atoms with van der Waals surface area (Å²) >= 11 is 0. The lowest BCUT2D eigenvalue weighted by atomic mass is 9.83. The lowest BCUT2D eigenvalue weighted by Gasteiger charge is -2.34. The monoisotopic (exact) mass is 300 g/mol. The molecule has 3 nitrogen and oxygen atoms in total. The average Bonchev–Trinajstić information content (AvgIpc) is 2.55. The van der Waals surface area contributed by atoms with Gasteiger partial charge in [-0.25, -0.2) is 4.39 Å². The summed E-state index contributed by atoms with van der Waals surface area (Å²) in [6, 6.07) is 13.9. The number of rotatable bonds is 4. The first kappa shape index (κ1) is 15.0. The molecule has 1 aliphatic rings. The molecule has 0 spiro atoms. The zero-order chi connectivity index (χ0) is 15.5. The van der Waals surface area contributed by atoms with E-state index in [1.807, 2.05) is 31.3 Å². The number of benzene rings is 2. The summed E-state index contributed by atoms with van der Waals surface area (Å²) in [5.41, 5.74) is 8.49. The molecule has 3 rings (SSSR count). The molecule has 116 valence electrons. The van der Waals surface area contributed by atoms with Crippen LogP contribution in [0.25, 0.3) is 0 Å². The molecule has 0 radical (unpaired) electrons. The van der Waals surface area contributed by atoms with Gasteiger partial charge in [0.25, 0.3) is 0 Å². The summed E-state index contributed by atoms with van der Waals surface area (Å²) in [5, 5.41) is 3.32. The van der Waals surface area contributed by atoms with Gasteiger partial charge in [0.2, 0.25) is 0 Å². The second kappa shape index (κ2) is 6.46. The smallest absolute Gasteiger partial charge is 0.131 e. The normalized spacial score (nSPS) is 20.3. The fourth-order valence-electron chi connectivity index (χ4n) is 3.11. The number of nitrogens with one attached hydrogen (secondary N) is 1. The average molecular weight is 300 g/mol. The molecule has 4 heteroatoms. The maximum atomic E-state index is 13.9. The quantitative estimate of drug-likeness (QED) is 0.912. The Balaban J connectivity index is 1.99. The van der Waals surface area contributed by atoms with Crippen LogP contribution in [0.2, 0.25) is 0 Å². The fourth-order valence-corrected chi connectivity index (χ4v) is 3.11. The molecular weight excluding hydrogens is 279 g/mol. The molecule has 2 aromatic rings. The lowest BCUT2D eigenvalue weighted by molar-refractivity contribution is 0.217. The van der Waals surface area contributed by atoms with Crippen molar-refractivity contribution < 1.29 is 9.13 Å². The zero-order valence-corrected chi connectivity index (χ0v) is 12.7. The molecule has 3 N–H and O–H groups in total. The van der Waals surface area contributed by atoms with Crippen molar-refractivity contribution in [2.75, 3.05) is 13.7 Å². The van der Waals surface area contributed by atoms with E-state index in [9.17, 15) is 4.39 Å². The third kappa shape index (κ3) is 2.85. The van der Waals surface area contributed by atoms with E-state index in [-0.39, 0.29) is 24.3 Å². The van der Waals surface area contributed by atoms with Gasteiger partial charge in [-0.05, 0) is 30.7 Å². The van der Waals surface area contributed by atoms with Crippen LogP contribution in [0.1, 0.15) is 22.6 Å². The lowest BCUT2D eigenvalue weighted by Crippen LogP contribution is -2.41. The number of hydrogen-bond donors (Lipinski definition) is 2. The van der Waals surface area contributed by atoms with Crippen molar-refractivity contribution in [3.05, 3.63) is 65.0 Å². The Morgan fingerprint density at radius 2 is 2.05 bits per heavy atom. The highest BCUT2D eigenvalue weighted by molar-refractivity contribution is 5.44. The molecule has 0 saturated carbocycles. The predicted molar refractivity (Wildman–Crippen MR) is 85.5 cm³/mol. The second-order valence-electron chi connectivity index (χ2n) is 5.69. The number of fused-ring (bicyclic) bond motifs is 1. The summed E-state index contributed by atoms with van der Waals surface area (Å²) in [4.78, 5) is 0. The number of ether oxygens (including phenoxy) is 1. The predicted octanol–water partition coefficient (Wildman–Crippen LogP) is 2.59. The van der Waals surface area contributed by atoms with E-state index in [0.717, 1.165) is 12.0 Å². The third-order valence-corrected chi connectivity index (χ3v) is 4.37. The second-order valence-corrected chi connectivity index (χ2v) is 5.69. The van der Waals surface area contributed by atoms with Crippen molar-refractivity contribution in [3.8, 4) is 5.75 Å². The number of nitrogens with two attached hydrogens (primary N) is 1. The Morgan fingerprint density at radius 1 is 1.27 bits per heavy atom. The number of halogens is 1. The van der Waals surface area contributed by atoms with Crippen LogP contribution < -0.4 is 15.8 Å². The molecule has 1 heterocycles. The van der Waals surface area contributed by atoms with Crippen LogP contribution >= 0.6 is 0 Å². The Hall–Kier alpha value is -1.91. The molecule has 1 aliphatic heterocycles. The van der Waals surface area contributed by atoms with Crippen molar-refractivity contribution in [2.45, 2.75) is 24.9 Å². The van der Waals surface area contributed by atoms with Gasteiger partial charge in [0, 0.05) is 30.1 Å². The van der Waals surface area contributed by atoms with Crippen molar-refractivity contribution in [2.24, 2.45) is 5.73 Å². The van der Waals surface area contributed by atoms with Gasteiger partial charge < -0.3 is 15.8 Å². The maximum Gasteiger partial charge on any atom is 0.131 e. The molecule has 0 amide bonds. The number of likely N-dealkylation sites (N-methyl/N-ethyl adjacent to an activating group) is 1. The van der Waals surface area contributed by atoms with Crippen LogP contribution in [-0.4, -0.2) is 19.7 Å². The van der Waals surface area contributed by atoms with Crippen LogP contribution in [0.15, 0.2) is 42.5 Å². The van der Waals surface area contributed by atoms with Gasteiger partial charge in [0.05, 0.1) is 0 Å². The summed E-state index contributed by atoms with van der Waals surface area (Å²) in [7, 11) is 1.93. The van der Waals surface area contributed by atoms with Gasteiger partial charge in [-0.3, -0.25) is 0 Å². The molecule has 2 aromatic carbocycles. The van der Waals surface area contributed by atoms with Crippen molar-refractivity contribution in [1.29, 1.82) is 0 Å².